The second kappa shape index (κ2) is 7.29. The van der Waals surface area contributed by atoms with Gasteiger partial charge in [-0.15, -0.1) is 5.10 Å². The van der Waals surface area contributed by atoms with E-state index in [2.05, 4.69) is 20.5 Å². The minimum atomic E-state index is -0.341. The van der Waals surface area contributed by atoms with Crippen LogP contribution in [0.4, 0.5) is 0 Å². The van der Waals surface area contributed by atoms with Gasteiger partial charge in [0.1, 0.15) is 0 Å². The van der Waals surface area contributed by atoms with Gasteiger partial charge in [0.2, 0.25) is 5.16 Å². The minimum absolute atomic E-state index is 0.297. The van der Waals surface area contributed by atoms with E-state index in [1.807, 2.05) is 4.68 Å². The summed E-state index contributed by atoms with van der Waals surface area (Å²) >= 11 is 1.57. The maximum absolute atomic E-state index is 12.7. The van der Waals surface area contributed by atoms with Crippen molar-refractivity contribution >= 4 is 22.9 Å². The summed E-state index contributed by atoms with van der Waals surface area (Å²) in [6, 6.07) is 0.393. The third-order valence-corrected chi connectivity index (χ3v) is 6.11. The van der Waals surface area contributed by atoms with Gasteiger partial charge < -0.3 is 4.57 Å². The Labute approximate surface area is 159 Å². The topological polar surface area (TPSA) is 105 Å². The fourth-order valence-electron chi connectivity index (χ4n) is 3.64. The van der Waals surface area contributed by atoms with E-state index in [-0.39, 0.29) is 11.2 Å². The lowest BCUT2D eigenvalue weighted by Crippen LogP contribution is -2.39. The number of rotatable bonds is 6. The van der Waals surface area contributed by atoms with Gasteiger partial charge >= 0.3 is 5.69 Å². The van der Waals surface area contributed by atoms with Gasteiger partial charge in [0.25, 0.3) is 5.56 Å². The van der Waals surface area contributed by atoms with E-state index in [9.17, 15) is 9.59 Å². The lowest BCUT2D eigenvalue weighted by Gasteiger charge is -2.11. The number of tetrazole rings is 1. The Morgan fingerprint density at radius 2 is 2.00 bits per heavy atom. The standard InChI is InChI=1S/C16H22N8O2S/c1-21-10-17-13-12(21)14(25)23(16(26)22(13)2)8-5-9-27-15-18-19-20-24(15)11-6-3-4-7-11/h10-11H,3-9H2,1-2H3. The Bertz CT molecular complexity index is 1070. The monoisotopic (exact) mass is 390 g/mol. The molecule has 0 amide bonds. The van der Waals surface area contributed by atoms with E-state index in [0.717, 1.165) is 23.8 Å². The fourth-order valence-corrected chi connectivity index (χ4v) is 4.51. The molecule has 4 rings (SSSR count). The smallest absolute Gasteiger partial charge is 0.328 e. The van der Waals surface area contributed by atoms with Crippen LogP contribution in [0, 0.1) is 0 Å². The van der Waals surface area contributed by atoms with Crippen molar-refractivity contribution in [3.8, 4) is 0 Å². The Morgan fingerprint density at radius 3 is 2.78 bits per heavy atom. The van der Waals surface area contributed by atoms with Crippen molar-refractivity contribution in [3.05, 3.63) is 27.2 Å². The molecule has 27 heavy (non-hydrogen) atoms. The van der Waals surface area contributed by atoms with E-state index in [0.29, 0.717) is 30.2 Å². The molecule has 1 fully saturated rings. The van der Waals surface area contributed by atoms with Crippen LogP contribution in [0.3, 0.4) is 0 Å². The summed E-state index contributed by atoms with van der Waals surface area (Å²) in [4.78, 5) is 29.3. The molecule has 0 radical (unpaired) electrons. The van der Waals surface area contributed by atoms with Gasteiger partial charge in [0.15, 0.2) is 11.2 Å². The first-order chi connectivity index (χ1) is 13.1. The third-order valence-electron chi connectivity index (χ3n) is 5.09. The SMILES string of the molecule is Cn1cnc2c1c(=O)n(CCCSc1nnnn1C1CCCC1)c(=O)n2C. The van der Waals surface area contributed by atoms with Gasteiger partial charge in [-0.3, -0.25) is 13.9 Å². The number of aromatic nitrogens is 8. The average molecular weight is 390 g/mol. The van der Waals surface area contributed by atoms with Gasteiger partial charge in [-0.1, -0.05) is 24.6 Å². The zero-order valence-electron chi connectivity index (χ0n) is 15.4. The van der Waals surface area contributed by atoms with Crippen LogP contribution in [-0.2, 0) is 20.6 Å². The van der Waals surface area contributed by atoms with Crippen LogP contribution < -0.4 is 11.2 Å². The van der Waals surface area contributed by atoms with Crippen LogP contribution >= 0.6 is 11.8 Å². The lowest BCUT2D eigenvalue weighted by molar-refractivity contribution is 0.423. The molecule has 0 atom stereocenters. The molecule has 0 aliphatic heterocycles. The molecule has 10 nitrogen and oxygen atoms in total. The van der Waals surface area contributed by atoms with E-state index in [1.54, 1.807) is 36.8 Å². The molecule has 11 heteroatoms. The number of hydrogen-bond donors (Lipinski definition) is 0. The zero-order chi connectivity index (χ0) is 19.0. The van der Waals surface area contributed by atoms with Crippen LogP contribution in [0.5, 0.6) is 0 Å². The highest BCUT2D eigenvalue weighted by Crippen LogP contribution is 2.31. The number of imidazole rings is 1. The number of hydrogen-bond acceptors (Lipinski definition) is 7. The molecule has 1 aliphatic rings. The molecule has 3 heterocycles. The number of nitrogens with zero attached hydrogens (tertiary/aromatic N) is 8. The summed E-state index contributed by atoms with van der Waals surface area (Å²) in [6.45, 7) is 0.352. The number of aryl methyl sites for hydroxylation is 2. The zero-order valence-corrected chi connectivity index (χ0v) is 16.2. The van der Waals surface area contributed by atoms with Crippen molar-refractivity contribution in [2.75, 3.05) is 5.75 Å². The molecule has 3 aromatic rings. The highest BCUT2D eigenvalue weighted by molar-refractivity contribution is 7.99. The summed E-state index contributed by atoms with van der Waals surface area (Å²) in [5, 5.41) is 12.9. The second-order valence-electron chi connectivity index (χ2n) is 6.87. The van der Waals surface area contributed by atoms with Crippen molar-refractivity contribution in [1.29, 1.82) is 0 Å². The van der Waals surface area contributed by atoms with Crippen LogP contribution in [0.2, 0.25) is 0 Å². The molecule has 0 spiro atoms. The van der Waals surface area contributed by atoms with E-state index in [1.165, 1.54) is 22.0 Å². The van der Waals surface area contributed by atoms with Crippen LogP contribution in [-0.4, -0.2) is 44.6 Å². The third kappa shape index (κ3) is 3.20. The molecule has 0 unspecified atom stereocenters. The molecular formula is C16H22N8O2S. The van der Waals surface area contributed by atoms with E-state index in [4.69, 9.17) is 0 Å². The van der Waals surface area contributed by atoms with E-state index >= 15 is 0 Å². The Morgan fingerprint density at radius 1 is 1.22 bits per heavy atom. The van der Waals surface area contributed by atoms with E-state index < -0.39 is 0 Å². The van der Waals surface area contributed by atoms with Gasteiger partial charge in [0.05, 0.1) is 12.4 Å². The Balaban J connectivity index is 1.46. The lowest BCUT2D eigenvalue weighted by atomic mass is 10.3. The van der Waals surface area contributed by atoms with Crippen LogP contribution in [0.15, 0.2) is 21.1 Å². The van der Waals surface area contributed by atoms with Crippen molar-refractivity contribution in [2.24, 2.45) is 14.1 Å². The van der Waals surface area contributed by atoms with Crippen LogP contribution in [0.1, 0.15) is 38.1 Å². The molecule has 0 saturated heterocycles. The predicted octanol–water partition coefficient (Wildman–Crippen LogP) is 0.718. The molecule has 0 aromatic carbocycles. The molecule has 1 saturated carbocycles. The van der Waals surface area contributed by atoms with Crippen molar-refractivity contribution < 1.29 is 0 Å². The Kier molecular flexibility index (Phi) is 4.85. The summed E-state index contributed by atoms with van der Waals surface area (Å²) in [5.74, 6) is 0.728. The highest BCUT2D eigenvalue weighted by atomic mass is 32.2. The molecule has 0 bridgehead atoms. The molecule has 1 aliphatic carbocycles. The fraction of sp³-hybridized carbons (Fsp3) is 0.625. The number of thioether (sulfide) groups is 1. The normalized spacial score (nSPS) is 15.2. The summed E-state index contributed by atoms with van der Waals surface area (Å²) < 4.78 is 6.28. The largest absolute Gasteiger partial charge is 0.332 e. The molecule has 0 N–H and O–H groups in total. The quantitative estimate of drug-likeness (QED) is 0.451. The maximum Gasteiger partial charge on any atom is 0.332 e. The van der Waals surface area contributed by atoms with Gasteiger partial charge in [-0.2, -0.15) is 0 Å². The first-order valence-corrected chi connectivity index (χ1v) is 10.1. The summed E-state index contributed by atoms with van der Waals surface area (Å²) in [5.41, 5.74) is 0.213. The van der Waals surface area contributed by atoms with Crippen molar-refractivity contribution in [2.45, 2.75) is 49.8 Å². The second-order valence-corrected chi connectivity index (χ2v) is 7.93. The minimum Gasteiger partial charge on any atom is -0.328 e. The first kappa shape index (κ1) is 18.0. The van der Waals surface area contributed by atoms with Crippen molar-refractivity contribution in [3.63, 3.8) is 0 Å². The van der Waals surface area contributed by atoms with Crippen LogP contribution in [0.25, 0.3) is 11.2 Å². The average Bonchev–Trinajstić information content (AvgIpc) is 3.39. The first-order valence-electron chi connectivity index (χ1n) is 9.09. The van der Waals surface area contributed by atoms with Crippen molar-refractivity contribution in [1.82, 2.24) is 38.9 Å². The summed E-state index contributed by atoms with van der Waals surface area (Å²) in [7, 11) is 3.39. The van der Waals surface area contributed by atoms with Gasteiger partial charge in [-0.25, -0.2) is 14.5 Å². The maximum atomic E-state index is 12.7. The van der Waals surface area contributed by atoms with Gasteiger partial charge in [0, 0.05) is 26.4 Å². The number of fused-ring (bicyclic) bond motifs is 1. The summed E-state index contributed by atoms with van der Waals surface area (Å²) in [6.07, 6.45) is 6.90. The molecule has 3 aromatic heterocycles. The molecule has 144 valence electrons. The predicted molar refractivity (Wildman–Crippen MR) is 101 cm³/mol. The Hall–Kier alpha value is -2.43. The molecular weight excluding hydrogens is 368 g/mol. The highest BCUT2D eigenvalue weighted by Gasteiger charge is 2.21. The van der Waals surface area contributed by atoms with Gasteiger partial charge in [-0.05, 0) is 29.7 Å².